The minimum absolute atomic E-state index is 0.0417. The summed E-state index contributed by atoms with van der Waals surface area (Å²) in [6, 6.07) is 24.9. The van der Waals surface area contributed by atoms with Gasteiger partial charge in [0.05, 0.1) is 11.5 Å². The van der Waals surface area contributed by atoms with E-state index in [1.807, 2.05) is 65.6 Å². The summed E-state index contributed by atoms with van der Waals surface area (Å²) in [5.41, 5.74) is 1.86. The van der Waals surface area contributed by atoms with Crippen LogP contribution >= 0.6 is 0 Å². The maximum Gasteiger partial charge on any atom is 0.416 e. The average molecular weight is 468 g/mol. The van der Waals surface area contributed by atoms with Crippen molar-refractivity contribution in [3.8, 4) is 0 Å². The van der Waals surface area contributed by atoms with Crippen molar-refractivity contribution in [3.63, 3.8) is 0 Å². The Bertz CT molecular complexity index is 1030. The van der Waals surface area contributed by atoms with Gasteiger partial charge in [0.1, 0.15) is 0 Å². The number of benzene rings is 3. The second-order valence-corrected chi connectivity index (χ2v) is 8.42. The summed E-state index contributed by atoms with van der Waals surface area (Å²) < 4.78 is 39.0. The molecule has 1 aliphatic rings. The third-order valence-corrected chi connectivity index (χ3v) is 6.17. The molecule has 1 amide bonds. The van der Waals surface area contributed by atoms with Crippen molar-refractivity contribution in [1.29, 1.82) is 0 Å². The van der Waals surface area contributed by atoms with Crippen LogP contribution in [-0.2, 0) is 11.0 Å². The molecule has 1 saturated heterocycles. The molecule has 0 saturated carbocycles. The fourth-order valence-corrected chi connectivity index (χ4v) is 4.33. The molecule has 0 unspecified atom stereocenters. The zero-order chi connectivity index (χ0) is 24.0. The number of carbonyl (C=O) groups excluding carboxylic acids is 1. The topological polar surface area (TPSA) is 35.6 Å². The Morgan fingerprint density at radius 3 is 1.97 bits per heavy atom. The minimum atomic E-state index is -4.34. The molecule has 1 N–H and O–H groups in total. The van der Waals surface area contributed by atoms with Crippen LogP contribution in [0.15, 0.2) is 84.9 Å². The van der Waals surface area contributed by atoms with E-state index in [0.29, 0.717) is 31.9 Å². The van der Waals surface area contributed by atoms with E-state index >= 15 is 0 Å². The Morgan fingerprint density at radius 2 is 1.41 bits per heavy atom. The zero-order valence-electron chi connectivity index (χ0n) is 18.8. The van der Waals surface area contributed by atoms with Gasteiger partial charge in [-0.2, -0.15) is 13.2 Å². The van der Waals surface area contributed by atoms with E-state index in [1.165, 1.54) is 12.1 Å². The van der Waals surface area contributed by atoms with Crippen LogP contribution in [0.2, 0.25) is 0 Å². The van der Waals surface area contributed by atoms with Crippen molar-refractivity contribution < 1.29 is 18.0 Å². The predicted octanol–water partition coefficient (Wildman–Crippen LogP) is 4.78. The van der Waals surface area contributed by atoms with Crippen LogP contribution in [-0.4, -0.2) is 50.1 Å². The first kappa shape index (κ1) is 23.8. The molecule has 178 valence electrons. The highest BCUT2D eigenvalue weighted by molar-refractivity contribution is 5.87. The Kier molecular flexibility index (Phi) is 7.53. The first-order valence-electron chi connectivity index (χ1n) is 11.4. The molecule has 3 aromatic rings. The lowest BCUT2D eigenvalue weighted by Gasteiger charge is -2.36. The molecule has 0 radical (unpaired) electrons. The number of carbonyl (C=O) groups is 1. The van der Waals surface area contributed by atoms with E-state index in [0.717, 1.165) is 30.3 Å². The van der Waals surface area contributed by atoms with Crippen molar-refractivity contribution in [3.05, 3.63) is 102 Å². The monoisotopic (exact) mass is 467 g/mol. The molecule has 3 aromatic carbocycles. The highest BCUT2D eigenvalue weighted by Gasteiger charge is 2.31. The number of nitrogens with one attached hydrogen (secondary N) is 1. The largest absolute Gasteiger partial charge is 0.416 e. The summed E-state index contributed by atoms with van der Waals surface area (Å²) in [6.07, 6.45) is -4.34. The molecule has 1 heterocycles. The van der Waals surface area contributed by atoms with Gasteiger partial charge in [0.25, 0.3) is 0 Å². The smallest absolute Gasteiger partial charge is 0.369 e. The number of nitrogens with zero attached hydrogens (tertiary/aromatic N) is 2. The summed E-state index contributed by atoms with van der Waals surface area (Å²) in [4.78, 5) is 17.3. The van der Waals surface area contributed by atoms with Crippen molar-refractivity contribution in [2.24, 2.45) is 0 Å². The molecular formula is C27H28F3N3O. The van der Waals surface area contributed by atoms with Crippen LogP contribution in [0.4, 0.5) is 18.9 Å². The molecule has 0 bridgehead atoms. The van der Waals surface area contributed by atoms with Gasteiger partial charge in [-0.25, -0.2) is 0 Å². The molecule has 0 aromatic heterocycles. The molecular weight excluding hydrogens is 439 g/mol. The van der Waals surface area contributed by atoms with E-state index < -0.39 is 11.7 Å². The molecule has 0 aliphatic carbocycles. The maximum atomic E-state index is 13.1. The van der Waals surface area contributed by atoms with Crippen LogP contribution in [0.3, 0.4) is 0 Å². The van der Waals surface area contributed by atoms with Crippen LogP contribution in [0, 0.1) is 0 Å². The third kappa shape index (κ3) is 5.97. The molecule has 4 rings (SSSR count). The first-order chi connectivity index (χ1) is 16.4. The Morgan fingerprint density at radius 1 is 0.824 bits per heavy atom. The second-order valence-electron chi connectivity index (χ2n) is 8.42. The number of piperazine rings is 1. The Labute approximate surface area is 198 Å². The molecule has 1 aliphatic heterocycles. The number of hydrogen-bond donors (Lipinski definition) is 1. The lowest BCUT2D eigenvalue weighted by Crippen LogP contribution is -2.48. The van der Waals surface area contributed by atoms with Gasteiger partial charge in [0.2, 0.25) is 5.91 Å². The first-order valence-corrected chi connectivity index (χ1v) is 11.4. The molecule has 34 heavy (non-hydrogen) atoms. The summed E-state index contributed by atoms with van der Waals surface area (Å²) in [5.74, 6) is -0.417. The molecule has 0 atom stereocenters. The van der Waals surface area contributed by atoms with Crippen LogP contribution in [0.5, 0.6) is 0 Å². The van der Waals surface area contributed by atoms with Crippen LogP contribution in [0.25, 0.3) is 0 Å². The van der Waals surface area contributed by atoms with E-state index in [-0.39, 0.29) is 11.8 Å². The van der Waals surface area contributed by atoms with Gasteiger partial charge >= 0.3 is 6.18 Å². The molecule has 1 fully saturated rings. The molecule has 7 heteroatoms. The van der Waals surface area contributed by atoms with Gasteiger partial charge in [0, 0.05) is 45.0 Å². The SMILES string of the molecule is O=C(NCCN1CCN(c2cccc(C(F)(F)F)c2)CC1)C(c1ccccc1)c1ccccc1. The van der Waals surface area contributed by atoms with E-state index in [9.17, 15) is 18.0 Å². The molecule has 4 nitrogen and oxygen atoms in total. The zero-order valence-corrected chi connectivity index (χ0v) is 18.8. The second kappa shape index (κ2) is 10.7. The lowest BCUT2D eigenvalue weighted by atomic mass is 9.90. The van der Waals surface area contributed by atoms with Crippen molar-refractivity contribution in [2.75, 3.05) is 44.2 Å². The van der Waals surface area contributed by atoms with Gasteiger partial charge in [-0.05, 0) is 29.3 Å². The highest BCUT2D eigenvalue weighted by atomic mass is 19.4. The van der Waals surface area contributed by atoms with Gasteiger partial charge in [-0.1, -0.05) is 66.7 Å². The van der Waals surface area contributed by atoms with Crippen molar-refractivity contribution >= 4 is 11.6 Å². The average Bonchev–Trinajstić information content (AvgIpc) is 2.86. The predicted molar refractivity (Wildman–Crippen MR) is 128 cm³/mol. The summed E-state index contributed by atoms with van der Waals surface area (Å²) in [6.45, 7) is 3.95. The number of amides is 1. The quantitative estimate of drug-likeness (QED) is 0.544. The number of anilines is 1. The number of halogens is 3. The van der Waals surface area contributed by atoms with E-state index in [2.05, 4.69) is 10.2 Å². The standard InChI is InChI=1S/C27H28F3N3O/c28-27(29,30)23-12-7-13-24(20-23)33-18-16-32(17-19-33)15-14-31-26(34)25(21-8-3-1-4-9-21)22-10-5-2-6-11-22/h1-13,20,25H,14-19H2,(H,31,34). The van der Waals surface area contributed by atoms with Crippen LogP contribution in [0.1, 0.15) is 22.6 Å². The Balaban J connectivity index is 1.30. The highest BCUT2D eigenvalue weighted by Crippen LogP contribution is 2.32. The van der Waals surface area contributed by atoms with Crippen LogP contribution < -0.4 is 10.2 Å². The van der Waals surface area contributed by atoms with Crippen molar-refractivity contribution in [2.45, 2.75) is 12.1 Å². The van der Waals surface area contributed by atoms with E-state index in [4.69, 9.17) is 0 Å². The van der Waals surface area contributed by atoms with E-state index in [1.54, 1.807) is 6.07 Å². The maximum absolute atomic E-state index is 13.1. The van der Waals surface area contributed by atoms with Gasteiger partial charge < -0.3 is 10.2 Å². The van der Waals surface area contributed by atoms with Gasteiger partial charge in [-0.15, -0.1) is 0 Å². The van der Waals surface area contributed by atoms with Crippen molar-refractivity contribution in [1.82, 2.24) is 10.2 Å². The fourth-order valence-electron chi connectivity index (χ4n) is 4.33. The number of alkyl halides is 3. The normalized spacial score (nSPS) is 14.9. The number of rotatable bonds is 7. The minimum Gasteiger partial charge on any atom is -0.369 e. The number of hydrogen-bond acceptors (Lipinski definition) is 3. The fraction of sp³-hybridized carbons (Fsp3) is 0.296. The summed E-state index contributed by atoms with van der Waals surface area (Å²) in [5, 5.41) is 3.07. The molecule has 0 spiro atoms. The Hall–Kier alpha value is -3.32. The lowest BCUT2D eigenvalue weighted by molar-refractivity contribution is -0.137. The summed E-state index contributed by atoms with van der Waals surface area (Å²) in [7, 11) is 0. The van der Waals surface area contributed by atoms with Gasteiger partial charge in [0.15, 0.2) is 0 Å². The summed E-state index contributed by atoms with van der Waals surface area (Å²) >= 11 is 0. The van der Waals surface area contributed by atoms with Gasteiger partial charge in [-0.3, -0.25) is 9.69 Å². The third-order valence-electron chi connectivity index (χ3n) is 6.17.